The van der Waals surface area contributed by atoms with E-state index in [4.69, 9.17) is 0 Å². The molecule has 1 aliphatic carbocycles. The first-order chi connectivity index (χ1) is 13.9. The van der Waals surface area contributed by atoms with Gasteiger partial charge in [-0.15, -0.1) is 0 Å². The highest BCUT2D eigenvalue weighted by molar-refractivity contribution is 6.07. The highest BCUT2D eigenvalue weighted by atomic mass is 16.2. The molecule has 3 amide bonds. The fourth-order valence-corrected chi connectivity index (χ4v) is 3.96. The van der Waals surface area contributed by atoms with Gasteiger partial charge >= 0.3 is 0 Å². The molecule has 1 aromatic carbocycles. The molecule has 0 spiro atoms. The molecule has 0 radical (unpaired) electrons. The maximum atomic E-state index is 12.7. The molecule has 7 heteroatoms. The summed E-state index contributed by atoms with van der Waals surface area (Å²) in [6, 6.07) is 6.88. The molecule has 0 saturated heterocycles. The maximum absolute atomic E-state index is 12.7. The molecule has 1 unspecified atom stereocenters. The van der Waals surface area contributed by atoms with E-state index in [2.05, 4.69) is 16.2 Å². The van der Waals surface area contributed by atoms with Crippen LogP contribution in [0.2, 0.25) is 0 Å². The number of benzene rings is 1. The second kappa shape index (κ2) is 9.11. The first-order valence-corrected chi connectivity index (χ1v) is 10.3. The van der Waals surface area contributed by atoms with Crippen LogP contribution in [0.25, 0.3) is 10.9 Å². The third kappa shape index (κ3) is 4.78. The summed E-state index contributed by atoms with van der Waals surface area (Å²) in [6.45, 7) is 3.75. The predicted octanol–water partition coefficient (Wildman–Crippen LogP) is 2.66. The van der Waals surface area contributed by atoms with Crippen molar-refractivity contribution in [2.24, 2.45) is 18.9 Å². The Morgan fingerprint density at radius 2 is 1.72 bits per heavy atom. The minimum absolute atomic E-state index is 0.0249. The van der Waals surface area contributed by atoms with Gasteiger partial charge in [0.05, 0.1) is 5.56 Å². The quantitative estimate of drug-likeness (QED) is 0.676. The lowest BCUT2D eigenvalue weighted by atomic mass is 9.88. The number of amides is 3. The Labute approximate surface area is 171 Å². The zero-order valence-corrected chi connectivity index (χ0v) is 17.3. The number of nitrogens with one attached hydrogen (secondary N) is 3. The monoisotopic (exact) mass is 398 g/mol. The average molecular weight is 399 g/mol. The van der Waals surface area contributed by atoms with Gasteiger partial charge in [-0.2, -0.15) is 0 Å². The van der Waals surface area contributed by atoms with Gasteiger partial charge in [0.2, 0.25) is 5.91 Å². The third-order valence-corrected chi connectivity index (χ3v) is 5.66. The molecule has 1 aromatic heterocycles. The van der Waals surface area contributed by atoms with Crippen molar-refractivity contribution in [1.82, 2.24) is 20.7 Å². The van der Waals surface area contributed by atoms with Crippen LogP contribution < -0.4 is 16.2 Å². The van der Waals surface area contributed by atoms with Crippen LogP contribution in [-0.2, 0) is 16.6 Å². The van der Waals surface area contributed by atoms with Crippen molar-refractivity contribution in [2.45, 2.75) is 52.0 Å². The van der Waals surface area contributed by atoms with Gasteiger partial charge in [-0.25, -0.2) is 0 Å². The van der Waals surface area contributed by atoms with E-state index in [1.165, 1.54) is 0 Å². The molecule has 0 bridgehead atoms. The van der Waals surface area contributed by atoms with Crippen LogP contribution in [0.4, 0.5) is 0 Å². The number of hydrogen-bond acceptors (Lipinski definition) is 3. The molecule has 3 N–H and O–H groups in total. The number of para-hydroxylation sites is 1. The summed E-state index contributed by atoms with van der Waals surface area (Å²) in [5.41, 5.74) is 6.39. The number of carbonyl (C=O) groups is 3. The average Bonchev–Trinajstić information content (AvgIpc) is 3.07. The normalized spacial score (nSPS) is 15.9. The van der Waals surface area contributed by atoms with E-state index in [-0.39, 0.29) is 17.7 Å². The van der Waals surface area contributed by atoms with E-state index < -0.39 is 17.9 Å². The number of hydrazine groups is 1. The van der Waals surface area contributed by atoms with E-state index in [0.29, 0.717) is 5.56 Å². The largest absolute Gasteiger partial charge is 0.350 e. The fourth-order valence-electron chi connectivity index (χ4n) is 3.96. The van der Waals surface area contributed by atoms with Gasteiger partial charge < -0.3 is 9.88 Å². The summed E-state index contributed by atoms with van der Waals surface area (Å²) in [6.07, 6.45) is 6.75. The molecule has 29 heavy (non-hydrogen) atoms. The van der Waals surface area contributed by atoms with Gasteiger partial charge in [0.25, 0.3) is 11.8 Å². The minimum Gasteiger partial charge on any atom is -0.350 e. The first-order valence-electron chi connectivity index (χ1n) is 10.3. The lowest BCUT2D eigenvalue weighted by Gasteiger charge is -2.26. The van der Waals surface area contributed by atoms with Crippen LogP contribution in [0.15, 0.2) is 30.5 Å². The number of aromatic nitrogens is 1. The van der Waals surface area contributed by atoms with Gasteiger partial charge in [-0.05, 0) is 24.8 Å². The SMILES string of the molecule is CC(C)C(NC(=O)C1CCCCC1)C(=O)NNC(=O)c1cn(C)c2ccccc12. The van der Waals surface area contributed by atoms with E-state index >= 15 is 0 Å². The van der Waals surface area contributed by atoms with Crippen LogP contribution >= 0.6 is 0 Å². The van der Waals surface area contributed by atoms with Gasteiger partial charge in [0, 0.05) is 30.1 Å². The number of carbonyl (C=O) groups excluding carboxylic acids is 3. The lowest BCUT2D eigenvalue weighted by molar-refractivity contribution is -0.133. The maximum Gasteiger partial charge on any atom is 0.271 e. The smallest absolute Gasteiger partial charge is 0.271 e. The summed E-state index contributed by atoms with van der Waals surface area (Å²) in [7, 11) is 1.87. The van der Waals surface area contributed by atoms with Crippen molar-refractivity contribution in [2.75, 3.05) is 0 Å². The van der Waals surface area contributed by atoms with Crippen molar-refractivity contribution in [1.29, 1.82) is 0 Å². The highest BCUT2D eigenvalue weighted by Gasteiger charge is 2.29. The minimum atomic E-state index is -0.697. The molecular formula is C22H30N4O3. The third-order valence-electron chi connectivity index (χ3n) is 5.66. The van der Waals surface area contributed by atoms with Crippen LogP contribution in [0.5, 0.6) is 0 Å². The van der Waals surface area contributed by atoms with Crippen molar-refractivity contribution < 1.29 is 14.4 Å². The topological polar surface area (TPSA) is 92.2 Å². The summed E-state index contributed by atoms with van der Waals surface area (Å²) in [4.78, 5) is 37.8. The fraction of sp³-hybridized carbons (Fsp3) is 0.500. The first kappa shape index (κ1) is 20.9. The van der Waals surface area contributed by atoms with Crippen molar-refractivity contribution >= 4 is 28.6 Å². The number of rotatable bonds is 5. The van der Waals surface area contributed by atoms with Gasteiger partial charge in [0.1, 0.15) is 6.04 Å². The van der Waals surface area contributed by atoms with Crippen molar-refractivity contribution in [3.8, 4) is 0 Å². The Morgan fingerprint density at radius 3 is 2.41 bits per heavy atom. The molecule has 156 valence electrons. The summed E-state index contributed by atoms with van der Waals surface area (Å²) < 4.78 is 1.87. The van der Waals surface area contributed by atoms with Gasteiger partial charge in [-0.3, -0.25) is 25.2 Å². The zero-order valence-electron chi connectivity index (χ0n) is 17.3. The Hall–Kier alpha value is -2.83. The van der Waals surface area contributed by atoms with Crippen LogP contribution in [0, 0.1) is 11.8 Å². The zero-order chi connectivity index (χ0) is 21.0. The second-order valence-electron chi connectivity index (χ2n) is 8.18. The molecule has 0 aliphatic heterocycles. The predicted molar refractivity (Wildman–Crippen MR) is 112 cm³/mol. The van der Waals surface area contributed by atoms with Crippen LogP contribution in [-0.4, -0.2) is 28.3 Å². The van der Waals surface area contributed by atoms with Crippen molar-refractivity contribution in [3.63, 3.8) is 0 Å². The molecule has 3 rings (SSSR count). The lowest BCUT2D eigenvalue weighted by Crippen LogP contribution is -2.55. The second-order valence-corrected chi connectivity index (χ2v) is 8.18. The number of aryl methyl sites for hydroxylation is 1. The van der Waals surface area contributed by atoms with E-state index in [1.54, 1.807) is 6.20 Å². The number of hydrogen-bond donors (Lipinski definition) is 3. The Bertz CT molecular complexity index is 897. The van der Waals surface area contributed by atoms with E-state index in [9.17, 15) is 14.4 Å². The van der Waals surface area contributed by atoms with E-state index in [0.717, 1.165) is 43.0 Å². The molecule has 7 nitrogen and oxygen atoms in total. The molecular weight excluding hydrogens is 368 g/mol. The summed E-state index contributed by atoms with van der Waals surface area (Å²) in [5, 5.41) is 3.69. The highest BCUT2D eigenvalue weighted by Crippen LogP contribution is 2.24. The molecule has 1 atom stereocenters. The molecule has 1 saturated carbocycles. The molecule has 1 fully saturated rings. The van der Waals surface area contributed by atoms with Gasteiger partial charge in [-0.1, -0.05) is 51.3 Å². The van der Waals surface area contributed by atoms with Crippen LogP contribution in [0.1, 0.15) is 56.3 Å². The number of nitrogens with zero attached hydrogens (tertiary/aromatic N) is 1. The Morgan fingerprint density at radius 1 is 1.03 bits per heavy atom. The van der Waals surface area contributed by atoms with Crippen molar-refractivity contribution in [3.05, 3.63) is 36.0 Å². The molecule has 1 aliphatic rings. The Balaban J connectivity index is 1.62. The number of fused-ring (bicyclic) bond motifs is 1. The van der Waals surface area contributed by atoms with Gasteiger partial charge in [0.15, 0.2) is 0 Å². The standard InChI is InChI=1S/C22H30N4O3/c1-14(2)19(23-20(27)15-9-5-4-6-10-15)22(29)25-24-21(28)17-13-26(3)18-12-8-7-11-16(17)18/h7-8,11-15,19H,4-6,9-10H2,1-3H3,(H,23,27)(H,24,28)(H,25,29). The Kier molecular flexibility index (Phi) is 6.56. The summed E-state index contributed by atoms with van der Waals surface area (Å²) in [5.74, 6) is -1.01. The summed E-state index contributed by atoms with van der Waals surface area (Å²) >= 11 is 0. The molecule has 1 heterocycles. The van der Waals surface area contributed by atoms with Crippen LogP contribution in [0.3, 0.4) is 0 Å². The molecule has 2 aromatic rings. The van der Waals surface area contributed by atoms with E-state index in [1.807, 2.05) is 49.7 Å².